The van der Waals surface area contributed by atoms with Gasteiger partial charge in [-0.3, -0.25) is 4.79 Å². The van der Waals surface area contributed by atoms with E-state index in [0.29, 0.717) is 32.1 Å². The van der Waals surface area contributed by atoms with E-state index < -0.39 is 15.3 Å². The zero-order chi connectivity index (χ0) is 15.5. The summed E-state index contributed by atoms with van der Waals surface area (Å²) in [6.45, 7) is 0. The average molecular weight is 311 g/mol. The molecule has 2 N–H and O–H groups in total. The third-order valence-electron chi connectivity index (χ3n) is 4.01. The van der Waals surface area contributed by atoms with E-state index in [0.717, 1.165) is 11.3 Å². The standard InChI is InChI=1S/C15H21NO4S/c1-20-14-5-2-11(3-6-14)4-7-15(21(16,18)19)10-12-8-13(17)9-12/h2-3,5-6,12,15H,4,7-10H2,1H3,(H2,16,18,19). The van der Waals surface area contributed by atoms with Gasteiger partial charge in [-0.1, -0.05) is 12.1 Å². The maximum atomic E-state index is 11.7. The summed E-state index contributed by atoms with van der Waals surface area (Å²) in [5.41, 5.74) is 1.05. The maximum Gasteiger partial charge on any atom is 0.211 e. The first-order valence-corrected chi connectivity index (χ1v) is 8.65. The Labute approximate surface area is 125 Å². The molecule has 21 heavy (non-hydrogen) atoms. The Morgan fingerprint density at radius 2 is 1.90 bits per heavy atom. The number of carbonyl (C=O) groups is 1. The number of Topliss-reactive ketones (excluding diaryl/α,β-unsaturated/α-hetero) is 1. The molecule has 1 atom stereocenters. The van der Waals surface area contributed by atoms with Gasteiger partial charge in [0.15, 0.2) is 0 Å². The molecule has 0 aliphatic heterocycles. The molecule has 0 radical (unpaired) electrons. The fourth-order valence-electron chi connectivity index (χ4n) is 2.66. The molecule has 116 valence electrons. The van der Waals surface area contributed by atoms with Gasteiger partial charge in [-0.2, -0.15) is 0 Å². The zero-order valence-corrected chi connectivity index (χ0v) is 12.9. The van der Waals surface area contributed by atoms with Crippen LogP contribution in [-0.2, 0) is 21.2 Å². The number of carbonyl (C=O) groups excluding carboxylic acids is 1. The highest BCUT2D eigenvalue weighted by Gasteiger charge is 2.32. The molecule has 1 unspecified atom stereocenters. The van der Waals surface area contributed by atoms with Crippen LogP contribution in [-0.4, -0.2) is 26.6 Å². The predicted molar refractivity (Wildman–Crippen MR) is 80.6 cm³/mol. The normalized spacial score (nSPS) is 17.3. The number of methoxy groups -OCH3 is 1. The van der Waals surface area contributed by atoms with Crippen LogP contribution in [0.3, 0.4) is 0 Å². The van der Waals surface area contributed by atoms with E-state index in [1.807, 2.05) is 24.3 Å². The Kier molecular flexibility index (Phi) is 5.00. The van der Waals surface area contributed by atoms with Gasteiger partial charge in [0.2, 0.25) is 10.0 Å². The van der Waals surface area contributed by atoms with Crippen molar-refractivity contribution in [2.24, 2.45) is 11.1 Å². The van der Waals surface area contributed by atoms with Crippen molar-refractivity contribution in [1.82, 2.24) is 0 Å². The summed E-state index contributed by atoms with van der Waals surface area (Å²) in [5.74, 6) is 1.16. The summed E-state index contributed by atoms with van der Waals surface area (Å²) in [4.78, 5) is 11.0. The smallest absolute Gasteiger partial charge is 0.211 e. The number of nitrogens with two attached hydrogens (primary N) is 1. The van der Waals surface area contributed by atoms with Gasteiger partial charge in [0, 0.05) is 12.8 Å². The summed E-state index contributed by atoms with van der Waals surface area (Å²) in [6.07, 6.45) is 2.60. The van der Waals surface area contributed by atoms with Crippen molar-refractivity contribution in [2.45, 2.75) is 37.4 Å². The van der Waals surface area contributed by atoms with Crippen LogP contribution in [0.4, 0.5) is 0 Å². The molecular weight excluding hydrogens is 290 g/mol. The van der Waals surface area contributed by atoms with E-state index in [9.17, 15) is 13.2 Å². The van der Waals surface area contributed by atoms with Crippen LogP contribution in [0.25, 0.3) is 0 Å². The fraction of sp³-hybridized carbons (Fsp3) is 0.533. The molecule has 6 heteroatoms. The van der Waals surface area contributed by atoms with E-state index in [4.69, 9.17) is 9.88 Å². The molecule has 0 saturated heterocycles. The Morgan fingerprint density at radius 3 is 2.38 bits per heavy atom. The quantitative estimate of drug-likeness (QED) is 0.829. The van der Waals surface area contributed by atoms with E-state index >= 15 is 0 Å². The number of sulfonamides is 1. The summed E-state index contributed by atoms with van der Waals surface area (Å²) in [6, 6.07) is 7.55. The average Bonchev–Trinajstić information content (AvgIpc) is 2.40. The van der Waals surface area contributed by atoms with Crippen molar-refractivity contribution in [3.63, 3.8) is 0 Å². The van der Waals surface area contributed by atoms with Crippen LogP contribution < -0.4 is 9.88 Å². The van der Waals surface area contributed by atoms with Crippen LogP contribution in [0, 0.1) is 5.92 Å². The van der Waals surface area contributed by atoms with Gasteiger partial charge in [-0.15, -0.1) is 0 Å². The van der Waals surface area contributed by atoms with Crippen molar-refractivity contribution < 1.29 is 17.9 Å². The molecule has 1 aromatic rings. The van der Waals surface area contributed by atoms with Crippen molar-refractivity contribution in [1.29, 1.82) is 0 Å². The molecule has 5 nitrogen and oxygen atoms in total. The molecule has 0 heterocycles. The molecule has 1 aliphatic carbocycles. The molecular formula is C15H21NO4S. The largest absolute Gasteiger partial charge is 0.497 e. The molecule has 1 aromatic carbocycles. The summed E-state index contributed by atoms with van der Waals surface area (Å²) in [5, 5.41) is 4.75. The SMILES string of the molecule is COc1ccc(CCC(CC2CC(=O)C2)S(N)(=O)=O)cc1. The second kappa shape index (κ2) is 6.58. The highest BCUT2D eigenvalue weighted by molar-refractivity contribution is 7.89. The minimum atomic E-state index is -3.57. The van der Waals surface area contributed by atoms with Gasteiger partial charge in [0.25, 0.3) is 0 Å². The number of benzene rings is 1. The Morgan fingerprint density at radius 1 is 1.29 bits per heavy atom. The first kappa shape index (κ1) is 16.0. The molecule has 1 aliphatic rings. The Balaban J connectivity index is 1.93. The number of ketones is 1. The van der Waals surface area contributed by atoms with Crippen LogP contribution in [0.15, 0.2) is 24.3 Å². The number of aryl methyl sites for hydroxylation is 1. The second-order valence-electron chi connectivity index (χ2n) is 5.65. The number of primary sulfonamides is 1. The fourth-order valence-corrected chi connectivity index (χ4v) is 3.65. The summed E-state index contributed by atoms with van der Waals surface area (Å²) < 4.78 is 28.5. The second-order valence-corrected chi connectivity index (χ2v) is 7.49. The van der Waals surface area contributed by atoms with Gasteiger partial charge < -0.3 is 4.74 Å². The number of ether oxygens (including phenoxy) is 1. The Hall–Kier alpha value is -1.40. The van der Waals surface area contributed by atoms with Crippen molar-refractivity contribution in [3.8, 4) is 5.75 Å². The van der Waals surface area contributed by atoms with Crippen LogP contribution in [0.1, 0.15) is 31.2 Å². The topological polar surface area (TPSA) is 86.5 Å². The predicted octanol–water partition coefficient (Wildman–Crippen LogP) is 1.65. The molecule has 0 amide bonds. The lowest BCUT2D eigenvalue weighted by molar-refractivity contribution is -0.127. The minimum absolute atomic E-state index is 0.177. The van der Waals surface area contributed by atoms with Crippen LogP contribution >= 0.6 is 0 Å². The maximum absolute atomic E-state index is 11.7. The van der Waals surface area contributed by atoms with Gasteiger partial charge >= 0.3 is 0 Å². The number of rotatable bonds is 7. The van der Waals surface area contributed by atoms with E-state index in [1.54, 1.807) is 7.11 Å². The molecule has 1 fully saturated rings. The van der Waals surface area contributed by atoms with Gasteiger partial charge in [-0.05, 0) is 42.9 Å². The molecule has 0 bridgehead atoms. The number of hydrogen-bond acceptors (Lipinski definition) is 4. The van der Waals surface area contributed by atoms with Gasteiger partial charge in [0.1, 0.15) is 11.5 Å². The molecule has 0 aromatic heterocycles. The first-order chi connectivity index (χ1) is 9.88. The van der Waals surface area contributed by atoms with Crippen LogP contribution in [0.2, 0.25) is 0 Å². The minimum Gasteiger partial charge on any atom is -0.497 e. The summed E-state index contributed by atoms with van der Waals surface area (Å²) >= 11 is 0. The molecule has 0 spiro atoms. The van der Waals surface area contributed by atoms with Crippen molar-refractivity contribution >= 4 is 15.8 Å². The molecule has 2 rings (SSSR count). The van der Waals surface area contributed by atoms with Gasteiger partial charge in [-0.25, -0.2) is 13.6 Å². The van der Waals surface area contributed by atoms with Crippen LogP contribution in [0.5, 0.6) is 5.75 Å². The van der Waals surface area contributed by atoms with Gasteiger partial charge in [0.05, 0.1) is 12.4 Å². The summed E-state index contributed by atoms with van der Waals surface area (Å²) in [7, 11) is -1.97. The molecule has 1 saturated carbocycles. The lowest BCUT2D eigenvalue weighted by Crippen LogP contribution is -2.35. The van der Waals surface area contributed by atoms with Crippen molar-refractivity contribution in [2.75, 3.05) is 7.11 Å². The van der Waals surface area contributed by atoms with Crippen molar-refractivity contribution in [3.05, 3.63) is 29.8 Å². The zero-order valence-electron chi connectivity index (χ0n) is 12.1. The monoisotopic (exact) mass is 311 g/mol. The number of hydrogen-bond donors (Lipinski definition) is 1. The Bertz CT molecular complexity index is 587. The third kappa shape index (κ3) is 4.54. The third-order valence-corrected chi connectivity index (χ3v) is 5.36. The first-order valence-electron chi connectivity index (χ1n) is 7.04. The van der Waals surface area contributed by atoms with E-state index in [-0.39, 0.29) is 11.7 Å². The van der Waals surface area contributed by atoms with E-state index in [2.05, 4.69) is 0 Å². The van der Waals surface area contributed by atoms with E-state index in [1.165, 1.54) is 0 Å². The highest BCUT2D eigenvalue weighted by atomic mass is 32.2. The lowest BCUT2D eigenvalue weighted by atomic mass is 9.80. The lowest BCUT2D eigenvalue weighted by Gasteiger charge is -2.27. The highest BCUT2D eigenvalue weighted by Crippen LogP contribution is 2.30.